The fraction of sp³-hybridized carbons (Fsp3) is 0.100. The number of ether oxygens (including phenoxy) is 2. The molecule has 0 spiro atoms. The van der Waals surface area contributed by atoms with Crippen LogP contribution in [0.1, 0.15) is 0 Å². The van der Waals surface area contributed by atoms with Gasteiger partial charge in [-0.05, 0) is 22.0 Å². The number of nitrogens with two attached hydrogens (primary N) is 1. The van der Waals surface area contributed by atoms with Gasteiger partial charge in [-0.1, -0.05) is 11.6 Å². The van der Waals surface area contributed by atoms with Crippen LogP contribution in [-0.4, -0.2) is 22.1 Å². The van der Waals surface area contributed by atoms with Crippen molar-refractivity contribution in [3.8, 4) is 17.8 Å². The molecule has 106 valence electrons. The van der Waals surface area contributed by atoms with Gasteiger partial charge in [0.1, 0.15) is 11.6 Å². The van der Waals surface area contributed by atoms with Gasteiger partial charge in [0.2, 0.25) is 5.95 Å². The van der Waals surface area contributed by atoms with Gasteiger partial charge in [0.25, 0.3) is 0 Å². The lowest BCUT2D eigenvalue weighted by molar-refractivity contribution is 0.359. The van der Waals surface area contributed by atoms with Crippen molar-refractivity contribution in [2.24, 2.45) is 5.84 Å². The minimum Gasteiger partial charge on any atom is -0.467 e. The molecule has 1 aromatic carbocycles. The van der Waals surface area contributed by atoms with E-state index in [1.54, 1.807) is 0 Å². The van der Waals surface area contributed by atoms with Gasteiger partial charge in [-0.15, -0.1) is 4.98 Å². The van der Waals surface area contributed by atoms with Gasteiger partial charge >= 0.3 is 12.0 Å². The number of anilines is 1. The van der Waals surface area contributed by atoms with Crippen LogP contribution in [0.3, 0.4) is 0 Å². The molecule has 1 heterocycles. The summed E-state index contributed by atoms with van der Waals surface area (Å²) in [5.41, 5.74) is 2.23. The third-order valence-corrected chi connectivity index (χ3v) is 2.99. The number of rotatable bonds is 4. The Kier molecular flexibility index (Phi) is 4.53. The second kappa shape index (κ2) is 6.16. The second-order valence-corrected chi connectivity index (χ2v) is 4.63. The minimum atomic E-state index is -0.636. The van der Waals surface area contributed by atoms with Crippen molar-refractivity contribution in [2.45, 2.75) is 0 Å². The van der Waals surface area contributed by atoms with Crippen LogP contribution in [0.5, 0.6) is 17.8 Å². The van der Waals surface area contributed by atoms with Crippen molar-refractivity contribution in [3.05, 3.63) is 27.4 Å². The first-order valence-electron chi connectivity index (χ1n) is 5.12. The number of halogens is 3. The number of nitrogen functional groups attached to an aromatic ring is 1. The quantitative estimate of drug-likeness (QED) is 0.489. The van der Waals surface area contributed by atoms with Gasteiger partial charge in [-0.25, -0.2) is 10.2 Å². The smallest absolute Gasteiger partial charge is 0.330 e. The second-order valence-electron chi connectivity index (χ2n) is 3.37. The van der Waals surface area contributed by atoms with Crippen LogP contribution in [0, 0.1) is 5.82 Å². The first-order valence-corrected chi connectivity index (χ1v) is 6.29. The van der Waals surface area contributed by atoms with Crippen molar-refractivity contribution in [1.29, 1.82) is 0 Å². The number of aromatic nitrogens is 3. The van der Waals surface area contributed by atoms with Gasteiger partial charge in [-0.2, -0.15) is 9.97 Å². The number of methoxy groups -OCH3 is 1. The van der Waals surface area contributed by atoms with Crippen molar-refractivity contribution in [1.82, 2.24) is 15.0 Å². The van der Waals surface area contributed by atoms with Gasteiger partial charge in [0, 0.05) is 6.07 Å². The molecule has 7 nitrogen and oxygen atoms in total. The maximum atomic E-state index is 13.4. The van der Waals surface area contributed by atoms with Crippen LogP contribution in [0.2, 0.25) is 5.02 Å². The monoisotopic (exact) mass is 363 g/mol. The van der Waals surface area contributed by atoms with E-state index in [4.69, 9.17) is 26.9 Å². The van der Waals surface area contributed by atoms with E-state index in [-0.39, 0.29) is 28.7 Å². The fourth-order valence-corrected chi connectivity index (χ4v) is 1.94. The van der Waals surface area contributed by atoms with Crippen LogP contribution in [-0.2, 0) is 0 Å². The molecule has 0 radical (unpaired) electrons. The zero-order valence-electron chi connectivity index (χ0n) is 10.0. The highest BCUT2D eigenvalue weighted by atomic mass is 79.9. The molecule has 3 N–H and O–H groups in total. The number of hydrazine groups is 1. The van der Waals surface area contributed by atoms with Gasteiger partial charge in [0.05, 0.1) is 16.6 Å². The number of nitrogens with one attached hydrogen (secondary N) is 1. The largest absolute Gasteiger partial charge is 0.467 e. The van der Waals surface area contributed by atoms with E-state index in [0.29, 0.717) is 4.47 Å². The molecule has 20 heavy (non-hydrogen) atoms. The van der Waals surface area contributed by atoms with Crippen LogP contribution in [0.15, 0.2) is 16.6 Å². The summed E-state index contributed by atoms with van der Waals surface area (Å²) in [5, 5.41) is -0.0400. The highest BCUT2D eigenvalue weighted by molar-refractivity contribution is 9.10. The Balaban J connectivity index is 2.36. The fourth-order valence-electron chi connectivity index (χ4n) is 1.22. The molecule has 0 bridgehead atoms. The Morgan fingerprint density at radius 3 is 2.65 bits per heavy atom. The summed E-state index contributed by atoms with van der Waals surface area (Å²) in [6.45, 7) is 0. The Morgan fingerprint density at radius 1 is 1.30 bits per heavy atom. The zero-order valence-corrected chi connectivity index (χ0v) is 12.4. The molecule has 0 aliphatic rings. The Hall–Kier alpha value is -1.71. The molecule has 0 aliphatic carbocycles. The lowest BCUT2D eigenvalue weighted by Gasteiger charge is -2.08. The lowest BCUT2D eigenvalue weighted by atomic mass is 10.3. The zero-order chi connectivity index (χ0) is 14.7. The maximum absolute atomic E-state index is 13.4. The summed E-state index contributed by atoms with van der Waals surface area (Å²) < 4.78 is 24.1. The average molecular weight is 365 g/mol. The van der Waals surface area contributed by atoms with Crippen LogP contribution >= 0.6 is 27.5 Å². The SMILES string of the molecule is COc1nc(NN)nc(Oc2cc(F)c(Cl)cc2Br)n1. The molecular weight excluding hydrogens is 356 g/mol. The minimum absolute atomic E-state index is 0.00601. The molecule has 2 rings (SSSR count). The van der Waals surface area contributed by atoms with Crippen molar-refractivity contribution < 1.29 is 13.9 Å². The highest BCUT2D eigenvalue weighted by Crippen LogP contribution is 2.33. The molecule has 0 unspecified atom stereocenters. The normalized spacial score (nSPS) is 10.2. The summed E-state index contributed by atoms with van der Waals surface area (Å²) in [6.07, 6.45) is 0. The standard InChI is InChI=1S/C10H8BrClFN5O2/c1-19-9-15-8(18-14)16-10(17-9)20-7-3-6(13)5(12)2-4(7)11/h2-3H,14H2,1H3,(H,15,16,17,18). The number of hydrogen-bond acceptors (Lipinski definition) is 7. The van der Waals surface area contributed by atoms with Crippen LogP contribution in [0.25, 0.3) is 0 Å². The lowest BCUT2D eigenvalue weighted by Crippen LogP contribution is -2.12. The molecule has 0 saturated carbocycles. The summed E-state index contributed by atoms with van der Waals surface area (Å²) in [7, 11) is 1.37. The van der Waals surface area contributed by atoms with E-state index in [1.807, 2.05) is 0 Å². The molecule has 1 aromatic heterocycles. The third-order valence-electron chi connectivity index (χ3n) is 2.08. The predicted molar refractivity (Wildman–Crippen MR) is 73.4 cm³/mol. The first kappa shape index (κ1) is 14.7. The molecule has 2 aromatic rings. The number of benzene rings is 1. The molecule has 0 fully saturated rings. The van der Waals surface area contributed by atoms with E-state index in [9.17, 15) is 4.39 Å². The van der Waals surface area contributed by atoms with Crippen LogP contribution < -0.4 is 20.7 Å². The number of hydrogen-bond donors (Lipinski definition) is 2. The highest BCUT2D eigenvalue weighted by Gasteiger charge is 2.13. The van der Waals surface area contributed by atoms with Crippen LogP contribution in [0.4, 0.5) is 10.3 Å². The van der Waals surface area contributed by atoms with E-state index in [0.717, 1.165) is 6.07 Å². The van der Waals surface area contributed by atoms with Crippen molar-refractivity contribution in [2.75, 3.05) is 12.5 Å². The van der Waals surface area contributed by atoms with E-state index in [2.05, 4.69) is 36.3 Å². The molecule has 0 atom stereocenters. The van der Waals surface area contributed by atoms with E-state index in [1.165, 1.54) is 13.2 Å². The summed E-state index contributed by atoms with van der Waals surface area (Å²) in [6, 6.07) is 2.33. The Bertz CT molecular complexity index is 623. The van der Waals surface area contributed by atoms with E-state index < -0.39 is 5.82 Å². The molecule has 0 aliphatic heterocycles. The summed E-state index contributed by atoms with van der Waals surface area (Å²) in [5.74, 6) is 4.75. The Labute approximate surface area is 126 Å². The third kappa shape index (κ3) is 3.24. The molecule has 0 saturated heterocycles. The molecule has 10 heteroatoms. The topological polar surface area (TPSA) is 95.2 Å². The summed E-state index contributed by atoms with van der Waals surface area (Å²) in [4.78, 5) is 11.5. The predicted octanol–water partition coefficient (Wildman–Crippen LogP) is 2.51. The van der Waals surface area contributed by atoms with Crippen molar-refractivity contribution >= 4 is 33.5 Å². The first-order chi connectivity index (χ1) is 9.53. The van der Waals surface area contributed by atoms with Gasteiger partial charge in [0.15, 0.2) is 0 Å². The average Bonchev–Trinajstić information content (AvgIpc) is 2.44. The van der Waals surface area contributed by atoms with E-state index >= 15 is 0 Å². The Morgan fingerprint density at radius 2 is 2.00 bits per heavy atom. The summed E-state index contributed by atoms with van der Waals surface area (Å²) >= 11 is 8.83. The molecule has 0 amide bonds. The van der Waals surface area contributed by atoms with Gasteiger partial charge < -0.3 is 9.47 Å². The number of nitrogens with zero attached hydrogens (tertiary/aromatic N) is 3. The van der Waals surface area contributed by atoms with Crippen molar-refractivity contribution in [3.63, 3.8) is 0 Å². The molecular formula is C10H8BrClFN5O2. The van der Waals surface area contributed by atoms with Gasteiger partial charge in [-0.3, -0.25) is 5.43 Å². The maximum Gasteiger partial charge on any atom is 0.330 e.